The van der Waals surface area contributed by atoms with Gasteiger partial charge in [-0.1, -0.05) is 31.9 Å². The second-order valence-corrected chi connectivity index (χ2v) is 4.17. The van der Waals surface area contributed by atoms with E-state index in [0.29, 0.717) is 12.2 Å². The summed E-state index contributed by atoms with van der Waals surface area (Å²) in [4.78, 5) is 21.8. The Bertz CT molecular complexity index is 446. The monoisotopic (exact) mass is 262 g/mol. The Morgan fingerprint density at radius 3 is 2.47 bits per heavy atom. The molecule has 0 heterocycles. The van der Waals surface area contributed by atoms with Crippen molar-refractivity contribution in [3.05, 3.63) is 35.9 Å². The molecule has 1 aromatic rings. The topological polar surface area (TPSA) is 63.6 Å². The Balaban J connectivity index is 2.47. The van der Waals surface area contributed by atoms with E-state index in [-0.39, 0.29) is 5.97 Å². The first-order valence-electron chi connectivity index (χ1n) is 6.33. The van der Waals surface area contributed by atoms with E-state index in [2.05, 4.69) is 6.92 Å². The number of benzene rings is 1. The Labute approximate surface area is 112 Å². The highest BCUT2D eigenvalue weighted by Crippen LogP contribution is 2.14. The number of unbranched alkanes of at least 4 members (excludes halogenated alkanes) is 2. The molecule has 1 rings (SSSR count). The lowest BCUT2D eigenvalue weighted by molar-refractivity contribution is -0.134. The molecule has 0 aliphatic heterocycles. The first-order valence-corrected chi connectivity index (χ1v) is 6.33. The predicted octanol–water partition coefficient (Wildman–Crippen LogP) is 3.27. The molecule has 0 aliphatic rings. The molecular weight excluding hydrogens is 244 g/mol. The fraction of sp³-hybridized carbons (Fsp3) is 0.333. The smallest absolute Gasteiger partial charge is 0.328 e. The number of carboxylic acids is 1. The van der Waals surface area contributed by atoms with E-state index in [1.54, 1.807) is 24.3 Å². The summed E-state index contributed by atoms with van der Waals surface area (Å²) < 4.78 is 5.16. The largest absolute Gasteiger partial charge is 0.478 e. The fourth-order valence-corrected chi connectivity index (χ4v) is 1.52. The fourth-order valence-electron chi connectivity index (χ4n) is 1.52. The lowest BCUT2D eigenvalue weighted by Crippen LogP contribution is -2.07. The van der Waals surface area contributed by atoms with Gasteiger partial charge >= 0.3 is 11.9 Å². The minimum absolute atomic E-state index is 0.234. The number of hydrogen-bond donors (Lipinski definition) is 1. The SMILES string of the molecule is CCCCCC(=O)Oc1ccc(/C=C/C(=O)O)cc1. The molecule has 0 unspecified atom stereocenters. The molecule has 0 aliphatic carbocycles. The zero-order valence-corrected chi connectivity index (χ0v) is 11.0. The van der Waals surface area contributed by atoms with Crippen molar-refractivity contribution >= 4 is 18.0 Å². The van der Waals surface area contributed by atoms with Crippen LogP contribution in [-0.4, -0.2) is 17.0 Å². The van der Waals surface area contributed by atoms with Gasteiger partial charge in [0.05, 0.1) is 0 Å². The van der Waals surface area contributed by atoms with Crippen LogP contribution in [0.1, 0.15) is 38.2 Å². The van der Waals surface area contributed by atoms with Gasteiger partial charge in [0, 0.05) is 12.5 Å². The first-order chi connectivity index (χ1) is 9.11. The van der Waals surface area contributed by atoms with Crippen molar-refractivity contribution in [3.8, 4) is 5.75 Å². The third-order valence-corrected chi connectivity index (χ3v) is 2.51. The van der Waals surface area contributed by atoms with Gasteiger partial charge in [0.15, 0.2) is 0 Å². The van der Waals surface area contributed by atoms with Crippen LogP contribution in [0.3, 0.4) is 0 Å². The molecule has 0 radical (unpaired) electrons. The molecule has 19 heavy (non-hydrogen) atoms. The maximum Gasteiger partial charge on any atom is 0.328 e. The molecule has 102 valence electrons. The van der Waals surface area contributed by atoms with E-state index in [4.69, 9.17) is 9.84 Å². The molecule has 0 atom stereocenters. The molecule has 4 nitrogen and oxygen atoms in total. The van der Waals surface area contributed by atoms with E-state index in [1.807, 2.05) is 0 Å². The number of esters is 1. The normalized spacial score (nSPS) is 10.6. The predicted molar refractivity (Wildman–Crippen MR) is 72.9 cm³/mol. The maximum absolute atomic E-state index is 11.5. The van der Waals surface area contributed by atoms with Crippen LogP contribution < -0.4 is 4.74 Å². The summed E-state index contributed by atoms with van der Waals surface area (Å²) in [5.41, 5.74) is 0.744. The number of carbonyl (C=O) groups is 2. The third kappa shape index (κ3) is 6.41. The van der Waals surface area contributed by atoms with Gasteiger partial charge in [0.1, 0.15) is 5.75 Å². The minimum atomic E-state index is -0.994. The summed E-state index contributed by atoms with van der Waals surface area (Å²) in [6, 6.07) is 6.71. The Morgan fingerprint density at radius 2 is 1.89 bits per heavy atom. The van der Waals surface area contributed by atoms with Gasteiger partial charge in [0.25, 0.3) is 0 Å². The van der Waals surface area contributed by atoms with Gasteiger partial charge in [-0.25, -0.2) is 4.79 Å². The van der Waals surface area contributed by atoms with Gasteiger partial charge in [-0.15, -0.1) is 0 Å². The minimum Gasteiger partial charge on any atom is -0.478 e. The van der Waals surface area contributed by atoms with E-state index in [1.165, 1.54) is 6.08 Å². The molecule has 0 saturated carbocycles. The van der Waals surface area contributed by atoms with E-state index < -0.39 is 5.97 Å². The quantitative estimate of drug-likeness (QED) is 0.354. The number of carboxylic acid groups (broad SMARTS) is 1. The van der Waals surface area contributed by atoms with Crippen LogP contribution >= 0.6 is 0 Å². The lowest BCUT2D eigenvalue weighted by atomic mass is 10.2. The first kappa shape index (κ1) is 15.0. The molecule has 0 bridgehead atoms. The standard InChI is InChI=1S/C15H18O4/c1-2-3-4-5-15(18)19-13-9-6-12(7-10-13)8-11-14(16)17/h6-11H,2-5H2,1H3,(H,16,17)/b11-8+. The molecule has 0 saturated heterocycles. The lowest BCUT2D eigenvalue weighted by Gasteiger charge is -2.04. The highest BCUT2D eigenvalue weighted by molar-refractivity contribution is 5.85. The van der Waals surface area contributed by atoms with Crippen LogP contribution in [0.15, 0.2) is 30.3 Å². The van der Waals surface area contributed by atoms with Crippen molar-refractivity contribution < 1.29 is 19.4 Å². The summed E-state index contributed by atoms with van der Waals surface area (Å²) >= 11 is 0. The van der Waals surface area contributed by atoms with Crippen LogP contribution in [0.5, 0.6) is 5.75 Å². The number of carbonyl (C=O) groups excluding carboxylic acids is 1. The molecular formula is C15H18O4. The third-order valence-electron chi connectivity index (χ3n) is 2.51. The van der Waals surface area contributed by atoms with Crippen molar-refractivity contribution in [3.63, 3.8) is 0 Å². The van der Waals surface area contributed by atoms with Crippen LogP contribution in [0.25, 0.3) is 6.08 Å². The highest BCUT2D eigenvalue weighted by atomic mass is 16.5. The second kappa shape index (κ2) is 8.08. The van der Waals surface area contributed by atoms with Crippen molar-refractivity contribution in [2.75, 3.05) is 0 Å². The average molecular weight is 262 g/mol. The number of ether oxygens (including phenoxy) is 1. The second-order valence-electron chi connectivity index (χ2n) is 4.17. The Morgan fingerprint density at radius 1 is 1.21 bits per heavy atom. The summed E-state index contributed by atoms with van der Waals surface area (Å²) in [5.74, 6) is -0.748. The van der Waals surface area contributed by atoms with E-state index in [9.17, 15) is 9.59 Å². The van der Waals surface area contributed by atoms with E-state index in [0.717, 1.165) is 30.9 Å². The number of aliphatic carboxylic acids is 1. The molecule has 4 heteroatoms. The molecule has 1 N–H and O–H groups in total. The Hall–Kier alpha value is -2.10. The zero-order valence-electron chi connectivity index (χ0n) is 11.0. The van der Waals surface area contributed by atoms with Crippen LogP contribution in [0.4, 0.5) is 0 Å². The summed E-state index contributed by atoms with van der Waals surface area (Å²) in [5, 5.41) is 8.49. The number of hydrogen-bond acceptors (Lipinski definition) is 3. The molecule has 1 aromatic carbocycles. The molecule has 0 aromatic heterocycles. The van der Waals surface area contributed by atoms with Crippen molar-refractivity contribution in [2.45, 2.75) is 32.6 Å². The van der Waals surface area contributed by atoms with Crippen molar-refractivity contribution in [2.24, 2.45) is 0 Å². The summed E-state index contributed by atoms with van der Waals surface area (Å²) in [6.45, 7) is 2.08. The highest BCUT2D eigenvalue weighted by Gasteiger charge is 2.03. The van der Waals surface area contributed by atoms with Gasteiger partial charge in [-0.05, 0) is 30.2 Å². The van der Waals surface area contributed by atoms with Crippen molar-refractivity contribution in [1.82, 2.24) is 0 Å². The van der Waals surface area contributed by atoms with Crippen molar-refractivity contribution in [1.29, 1.82) is 0 Å². The summed E-state index contributed by atoms with van der Waals surface area (Å²) in [7, 11) is 0. The maximum atomic E-state index is 11.5. The van der Waals surface area contributed by atoms with Crippen LogP contribution in [0, 0.1) is 0 Å². The van der Waals surface area contributed by atoms with Gasteiger partial charge < -0.3 is 9.84 Å². The molecule has 0 spiro atoms. The van der Waals surface area contributed by atoms with Gasteiger partial charge in [-0.3, -0.25) is 4.79 Å². The molecule has 0 amide bonds. The average Bonchev–Trinajstić information content (AvgIpc) is 2.38. The number of rotatable bonds is 7. The summed E-state index contributed by atoms with van der Waals surface area (Å²) in [6.07, 6.45) is 5.90. The zero-order chi connectivity index (χ0) is 14.1. The van der Waals surface area contributed by atoms with Crippen LogP contribution in [-0.2, 0) is 9.59 Å². The van der Waals surface area contributed by atoms with Gasteiger partial charge in [-0.2, -0.15) is 0 Å². The van der Waals surface area contributed by atoms with Crippen LogP contribution in [0.2, 0.25) is 0 Å². The Kier molecular flexibility index (Phi) is 6.36. The molecule has 0 fully saturated rings. The van der Waals surface area contributed by atoms with E-state index >= 15 is 0 Å². The van der Waals surface area contributed by atoms with Gasteiger partial charge in [0.2, 0.25) is 0 Å².